The second kappa shape index (κ2) is 6.27. The predicted octanol–water partition coefficient (Wildman–Crippen LogP) is 2.48. The van der Waals surface area contributed by atoms with Crippen LogP contribution in [0.3, 0.4) is 0 Å². The third-order valence-corrected chi connectivity index (χ3v) is 3.75. The molecular formula is C16H24N2O2. The van der Waals surface area contributed by atoms with Gasteiger partial charge in [-0.25, -0.2) is 0 Å². The summed E-state index contributed by atoms with van der Waals surface area (Å²) in [5.41, 5.74) is 7.35. The summed E-state index contributed by atoms with van der Waals surface area (Å²) in [7, 11) is 0. The highest BCUT2D eigenvalue weighted by atomic mass is 16.5. The SMILES string of the molecule is CCOc1cccc(C2C(N)CCC(=O)N2C(C)C)c1. The Morgan fingerprint density at radius 1 is 1.45 bits per heavy atom. The number of nitrogens with two attached hydrogens (primary N) is 1. The van der Waals surface area contributed by atoms with E-state index in [1.165, 1.54) is 0 Å². The Balaban J connectivity index is 2.35. The number of rotatable bonds is 4. The number of benzene rings is 1. The number of piperidine rings is 1. The first-order valence-corrected chi connectivity index (χ1v) is 7.34. The Morgan fingerprint density at radius 3 is 2.85 bits per heavy atom. The number of hydrogen-bond acceptors (Lipinski definition) is 3. The van der Waals surface area contributed by atoms with E-state index < -0.39 is 0 Å². The van der Waals surface area contributed by atoms with Gasteiger partial charge >= 0.3 is 0 Å². The lowest BCUT2D eigenvalue weighted by Gasteiger charge is -2.42. The molecule has 2 N–H and O–H groups in total. The molecule has 2 rings (SSSR count). The largest absolute Gasteiger partial charge is 0.494 e. The van der Waals surface area contributed by atoms with Gasteiger partial charge in [0.15, 0.2) is 0 Å². The maximum atomic E-state index is 12.2. The maximum absolute atomic E-state index is 12.2. The van der Waals surface area contributed by atoms with E-state index in [9.17, 15) is 4.79 Å². The molecule has 0 aromatic heterocycles. The molecule has 1 heterocycles. The number of amides is 1. The highest BCUT2D eigenvalue weighted by Gasteiger charge is 2.36. The van der Waals surface area contributed by atoms with Gasteiger partial charge < -0.3 is 15.4 Å². The van der Waals surface area contributed by atoms with E-state index in [1.54, 1.807) is 0 Å². The number of carbonyl (C=O) groups excluding carboxylic acids is 1. The summed E-state index contributed by atoms with van der Waals surface area (Å²) in [6, 6.07) is 7.99. The monoisotopic (exact) mass is 276 g/mol. The molecular weight excluding hydrogens is 252 g/mol. The minimum atomic E-state index is -0.0587. The maximum Gasteiger partial charge on any atom is 0.223 e. The van der Waals surface area contributed by atoms with Crippen LogP contribution in [0.1, 0.15) is 45.2 Å². The topological polar surface area (TPSA) is 55.6 Å². The van der Waals surface area contributed by atoms with Crippen molar-refractivity contribution in [2.24, 2.45) is 5.73 Å². The summed E-state index contributed by atoms with van der Waals surface area (Å²) < 4.78 is 5.55. The normalized spacial score (nSPS) is 23.2. The molecule has 0 bridgehead atoms. The molecule has 20 heavy (non-hydrogen) atoms. The van der Waals surface area contributed by atoms with E-state index in [0.29, 0.717) is 13.0 Å². The Hall–Kier alpha value is -1.55. The van der Waals surface area contributed by atoms with E-state index in [1.807, 2.05) is 49.9 Å². The zero-order chi connectivity index (χ0) is 14.7. The van der Waals surface area contributed by atoms with Crippen LogP contribution in [0.2, 0.25) is 0 Å². The molecule has 1 aromatic carbocycles. The lowest BCUT2D eigenvalue weighted by atomic mass is 9.89. The summed E-state index contributed by atoms with van der Waals surface area (Å²) >= 11 is 0. The Kier molecular flexibility index (Phi) is 4.65. The van der Waals surface area contributed by atoms with Crippen LogP contribution in [0.15, 0.2) is 24.3 Å². The van der Waals surface area contributed by atoms with Crippen molar-refractivity contribution >= 4 is 5.91 Å². The van der Waals surface area contributed by atoms with Crippen molar-refractivity contribution in [3.05, 3.63) is 29.8 Å². The number of ether oxygens (including phenoxy) is 1. The fourth-order valence-corrected chi connectivity index (χ4v) is 2.91. The summed E-state index contributed by atoms with van der Waals surface area (Å²) in [4.78, 5) is 14.1. The van der Waals surface area contributed by atoms with Crippen LogP contribution < -0.4 is 10.5 Å². The van der Waals surface area contributed by atoms with E-state index in [0.717, 1.165) is 17.7 Å². The Bertz CT molecular complexity index is 473. The van der Waals surface area contributed by atoms with Gasteiger partial charge in [-0.15, -0.1) is 0 Å². The first-order valence-electron chi connectivity index (χ1n) is 7.34. The van der Waals surface area contributed by atoms with Crippen molar-refractivity contribution in [3.63, 3.8) is 0 Å². The lowest BCUT2D eigenvalue weighted by Crippen LogP contribution is -2.51. The molecule has 1 aliphatic rings. The van der Waals surface area contributed by atoms with Gasteiger partial charge in [0.1, 0.15) is 5.75 Å². The van der Waals surface area contributed by atoms with E-state index in [4.69, 9.17) is 10.5 Å². The van der Waals surface area contributed by atoms with Crippen LogP contribution in [-0.4, -0.2) is 29.5 Å². The first kappa shape index (κ1) is 14.9. The average Bonchev–Trinajstić information content (AvgIpc) is 2.41. The summed E-state index contributed by atoms with van der Waals surface area (Å²) in [5, 5.41) is 0. The van der Waals surface area contributed by atoms with Gasteiger partial charge in [-0.3, -0.25) is 4.79 Å². The average molecular weight is 276 g/mol. The standard InChI is InChI=1S/C16H24N2O2/c1-4-20-13-7-5-6-12(10-13)16-14(17)8-9-15(19)18(16)11(2)3/h5-7,10-11,14,16H,4,8-9,17H2,1-3H3. The molecule has 0 saturated carbocycles. The lowest BCUT2D eigenvalue weighted by molar-refractivity contribution is -0.139. The third-order valence-electron chi connectivity index (χ3n) is 3.75. The van der Waals surface area contributed by atoms with Crippen molar-refractivity contribution in [1.82, 2.24) is 4.90 Å². The molecule has 1 fully saturated rings. The molecule has 110 valence electrons. The third kappa shape index (κ3) is 2.96. The van der Waals surface area contributed by atoms with Gasteiger partial charge in [-0.2, -0.15) is 0 Å². The number of nitrogens with zero attached hydrogens (tertiary/aromatic N) is 1. The van der Waals surface area contributed by atoms with E-state index in [2.05, 4.69) is 0 Å². The Labute approximate surface area is 120 Å². The quantitative estimate of drug-likeness (QED) is 0.919. The number of hydrogen-bond donors (Lipinski definition) is 1. The molecule has 0 aliphatic carbocycles. The molecule has 4 heteroatoms. The van der Waals surface area contributed by atoms with Gasteiger partial charge in [-0.1, -0.05) is 12.1 Å². The highest BCUT2D eigenvalue weighted by Crippen LogP contribution is 2.33. The molecule has 2 atom stereocenters. The van der Waals surface area contributed by atoms with Gasteiger partial charge in [0.05, 0.1) is 12.6 Å². The fourth-order valence-electron chi connectivity index (χ4n) is 2.91. The van der Waals surface area contributed by atoms with Gasteiger partial charge in [0.2, 0.25) is 5.91 Å². The molecule has 1 aromatic rings. The van der Waals surface area contributed by atoms with Crippen LogP contribution in [0, 0.1) is 0 Å². The van der Waals surface area contributed by atoms with Gasteiger partial charge in [0.25, 0.3) is 0 Å². The summed E-state index contributed by atoms with van der Waals surface area (Å²) in [6.07, 6.45) is 1.28. The first-order chi connectivity index (χ1) is 9.54. The second-order valence-corrected chi connectivity index (χ2v) is 5.55. The van der Waals surface area contributed by atoms with E-state index >= 15 is 0 Å². The highest BCUT2D eigenvalue weighted by molar-refractivity contribution is 5.78. The van der Waals surface area contributed by atoms with Crippen molar-refractivity contribution in [1.29, 1.82) is 0 Å². The van der Waals surface area contributed by atoms with Crippen LogP contribution in [0.4, 0.5) is 0 Å². The summed E-state index contributed by atoms with van der Waals surface area (Å²) in [6.45, 7) is 6.67. The van der Waals surface area contributed by atoms with Crippen molar-refractivity contribution < 1.29 is 9.53 Å². The minimum Gasteiger partial charge on any atom is -0.494 e. The van der Waals surface area contributed by atoms with E-state index in [-0.39, 0.29) is 24.0 Å². The zero-order valence-electron chi connectivity index (χ0n) is 12.5. The fraction of sp³-hybridized carbons (Fsp3) is 0.562. The van der Waals surface area contributed by atoms with Crippen molar-refractivity contribution in [3.8, 4) is 5.75 Å². The van der Waals surface area contributed by atoms with Crippen LogP contribution in [-0.2, 0) is 4.79 Å². The number of carbonyl (C=O) groups is 1. The molecule has 1 aliphatic heterocycles. The van der Waals surface area contributed by atoms with Gasteiger partial charge in [-0.05, 0) is 44.9 Å². The van der Waals surface area contributed by atoms with Crippen molar-refractivity contribution in [2.45, 2.75) is 51.7 Å². The van der Waals surface area contributed by atoms with Crippen LogP contribution >= 0.6 is 0 Å². The minimum absolute atomic E-state index is 0.0213. The number of likely N-dealkylation sites (tertiary alicyclic amines) is 1. The molecule has 1 saturated heterocycles. The molecule has 0 radical (unpaired) electrons. The summed E-state index contributed by atoms with van der Waals surface area (Å²) in [5.74, 6) is 1.02. The molecule has 0 spiro atoms. The molecule has 1 amide bonds. The smallest absolute Gasteiger partial charge is 0.223 e. The van der Waals surface area contributed by atoms with Crippen molar-refractivity contribution in [2.75, 3.05) is 6.61 Å². The predicted molar refractivity (Wildman–Crippen MR) is 79.5 cm³/mol. The molecule has 2 unspecified atom stereocenters. The zero-order valence-corrected chi connectivity index (χ0v) is 12.5. The van der Waals surface area contributed by atoms with Crippen LogP contribution in [0.5, 0.6) is 5.75 Å². The Morgan fingerprint density at radius 2 is 2.20 bits per heavy atom. The van der Waals surface area contributed by atoms with Gasteiger partial charge in [0, 0.05) is 18.5 Å². The molecule has 4 nitrogen and oxygen atoms in total. The second-order valence-electron chi connectivity index (χ2n) is 5.55. The van der Waals surface area contributed by atoms with Crippen LogP contribution in [0.25, 0.3) is 0 Å².